The first-order valence-electron chi connectivity index (χ1n) is 6.78. The predicted octanol–water partition coefficient (Wildman–Crippen LogP) is 0.676. The number of nitrogens with zero attached hydrogens (tertiary/aromatic N) is 1. The van der Waals surface area contributed by atoms with E-state index < -0.39 is 0 Å². The van der Waals surface area contributed by atoms with Crippen LogP contribution in [0.4, 0.5) is 0 Å². The smallest absolute Gasteiger partial charge is 0.122 e. The standard InChI is InChI=1S/C13H25N5O/c1-2-3-10-9-18(6-7-19-10)13(17)8-12(16)11(15)4-5-14/h8,10,15,17H,2-7,9,14,16H2,1H3. The molecule has 6 N–H and O–H groups in total. The van der Waals surface area contributed by atoms with E-state index in [0.717, 1.165) is 19.4 Å². The van der Waals surface area contributed by atoms with E-state index in [1.54, 1.807) is 6.08 Å². The summed E-state index contributed by atoms with van der Waals surface area (Å²) in [4.78, 5) is 1.95. The fraction of sp³-hybridized carbons (Fsp3) is 0.692. The lowest BCUT2D eigenvalue weighted by Crippen LogP contribution is -2.45. The van der Waals surface area contributed by atoms with Gasteiger partial charge in [-0.05, 0) is 13.0 Å². The number of hydrogen-bond donors (Lipinski definition) is 4. The molecule has 1 heterocycles. The number of nitrogens with two attached hydrogens (primary N) is 2. The van der Waals surface area contributed by atoms with E-state index in [0.29, 0.717) is 43.4 Å². The van der Waals surface area contributed by atoms with E-state index in [4.69, 9.17) is 27.0 Å². The van der Waals surface area contributed by atoms with Crippen molar-refractivity contribution >= 4 is 11.5 Å². The van der Waals surface area contributed by atoms with E-state index >= 15 is 0 Å². The summed E-state index contributed by atoms with van der Waals surface area (Å²) in [6.07, 6.45) is 4.26. The molecule has 1 unspecified atom stereocenters. The molecule has 1 aliphatic heterocycles. The zero-order valence-corrected chi connectivity index (χ0v) is 11.6. The summed E-state index contributed by atoms with van der Waals surface area (Å²) in [5.74, 6) is 0.351. The Hall–Kier alpha value is -1.40. The molecule has 1 rings (SSSR count). The molecule has 0 spiro atoms. The van der Waals surface area contributed by atoms with Crippen molar-refractivity contribution in [3.8, 4) is 0 Å². The third-order valence-electron chi connectivity index (χ3n) is 3.13. The van der Waals surface area contributed by atoms with Crippen LogP contribution in [-0.4, -0.2) is 48.8 Å². The Labute approximate surface area is 114 Å². The third-order valence-corrected chi connectivity index (χ3v) is 3.13. The second-order valence-electron chi connectivity index (χ2n) is 4.73. The van der Waals surface area contributed by atoms with Crippen molar-refractivity contribution < 1.29 is 4.74 Å². The van der Waals surface area contributed by atoms with Gasteiger partial charge in [-0.15, -0.1) is 0 Å². The molecule has 108 valence electrons. The van der Waals surface area contributed by atoms with Crippen LogP contribution in [0, 0.1) is 10.8 Å². The van der Waals surface area contributed by atoms with Gasteiger partial charge < -0.3 is 26.5 Å². The monoisotopic (exact) mass is 267 g/mol. The first kappa shape index (κ1) is 15.7. The largest absolute Gasteiger partial charge is 0.397 e. The zero-order chi connectivity index (χ0) is 14.3. The summed E-state index contributed by atoms with van der Waals surface area (Å²) in [7, 11) is 0. The minimum Gasteiger partial charge on any atom is -0.397 e. The number of rotatable bonds is 6. The minimum atomic E-state index is 0.192. The molecule has 0 aromatic carbocycles. The Bertz CT molecular complexity index is 351. The predicted molar refractivity (Wildman–Crippen MR) is 77.6 cm³/mol. The normalized spacial score (nSPS) is 20.4. The Kier molecular flexibility index (Phi) is 6.52. The fourth-order valence-corrected chi connectivity index (χ4v) is 2.05. The van der Waals surface area contributed by atoms with E-state index in [-0.39, 0.29) is 6.10 Å². The SMILES string of the molecule is CCCC1CN(C(=N)C=C(N)C(=N)CCN)CCO1. The lowest BCUT2D eigenvalue weighted by atomic mass is 10.1. The van der Waals surface area contributed by atoms with E-state index in [1.807, 2.05) is 4.90 Å². The average molecular weight is 267 g/mol. The molecule has 0 aromatic rings. The number of morpholine rings is 1. The van der Waals surface area contributed by atoms with E-state index in [9.17, 15) is 0 Å². The molecule has 0 bridgehead atoms. The van der Waals surface area contributed by atoms with Gasteiger partial charge in [0.1, 0.15) is 5.84 Å². The molecule has 0 aromatic heterocycles. The van der Waals surface area contributed by atoms with E-state index in [2.05, 4.69) is 6.92 Å². The molecule has 0 saturated carbocycles. The van der Waals surface area contributed by atoms with Gasteiger partial charge in [0.15, 0.2) is 0 Å². The lowest BCUT2D eigenvalue weighted by Gasteiger charge is -2.33. The molecule has 1 aliphatic rings. The van der Waals surface area contributed by atoms with Crippen molar-refractivity contribution in [3.05, 3.63) is 11.8 Å². The molecule has 1 saturated heterocycles. The number of ether oxygens (including phenoxy) is 1. The molecular weight excluding hydrogens is 242 g/mol. The van der Waals surface area contributed by atoms with Crippen molar-refractivity contribution in [2.45, 2.75) is 32.3 Å². The van der Waals surface area contributed by atoms with Gasteiger partial charge in [0.25, 0.3) is 0 Å². The highest BCUT2D eigenvalue weighted by Gasteiger charge is 2.21. The van der Waals surface area contributed by atoms with Crippen LogP contribution >= 0.6 is 0 Å². The van der Waals surface area contributed by atoms with Crippen molar-refractivity contribution in [1.82, 2.24) is 4.90 Å². The summed E-state index contributed by atoms with van der Waals surface area (Å²) in [6.45, 7) is 4.59. The molecule has 19 heavy (non-hydrogen) atoms. The van der Waals surface area contributed by atoms with Crippen LogP contribution in [0.15, 0.2) is 11.8 Å². The summed E-state index contributed by atoms with van der Waals surface area (Å²) >= 11 is 0. The number of hydrogen-bond acceptors (Lipinski definition) is 5. The van der Waals surface area contributed by atoms with Crippen LogP contribution < -0.4 is 11.5 Å². The average Bonchev–Trinajstić information content (AvgIpc) is 2.39. The van der Waals surface area contributed by atoms with Gasteiger partial charge in [-0.3, -0.25) is 5.41 Å². The molecule has 1 fully saturated rings. The maximum Gasteiger partial charge on any atom is 0.122 e. The molecule has 0 radical (unpaired) electrons. The summed E-state index contributed by atoms with van der Waals surface area (Å²) < 4.78 is 5.64. The summed E-state index contributed by atoms with van der Waals surface area (Å²) in [5, 5.41) is 15.7. The number of amidine groups is 1. The maximum atomic E-state index is 8.05. The Morgan fingerprint density at radius 1 is 1.47 bits per heavy atom. The first-order chi connectivity index (χ1) is 9.08. The van der Waals surface area contributed by atoms with Gasteiger partial charge in [0, 0.05) is 25.6 Å². The van der Waals surface area contributed by atoms with Gasteiger partial charge in [0.2, 0.25) is 0 Å². The Morgan fingerprint density at radius 3 is 2.84 bits per heavy atom. The second-order valence-corrected chi connectivity index (χ2v) is 4.73. The molecule has 0 aliphatic carbocycles. The van der Waals surface area contributed by atoms with Crippen molar-refractivity contribution in [2.75, 3.05) is 26.2 Å². The van der Waals surface area contributed by atoms with Gasteiger partial charge in [-0.2, -0.15) is 0 Å². The molecular formula is C13H25N5O. The highest BCUT2D eigenvalue weighted by molar-refractivity contribution is 6.03. The van der Waals surface area contributed by atoms with Crippen LogP contribution in [0.5, 0.6) is 0 Å². The van der Waals surface area contributed by atoms with Crippen molar-refractivity contribution in [3.63, 3.8) is 0 Å². The van der Waals surface area contributed by atoms with E-state index in [1.165, 1.54) is 0 Å². The topological polar surface area (TPSA) is 112 Å². The van der Waals surface area contributed by atoms with Gasteiger partial charge in [-0.25, -0.2) is 0 Å². The van der Waals surface area contributed by atoms with Gasteiger partial charge >= 0.3 is 0 Å². The Morgan fingerprint density at radius 2 is 2.21 bits per heavy atom. The van der Waals surface area contributed by atoms with Crippen molar-refractivity contribution in [1.29, 1.82) is 10.8 Å². The molecule has 6 nitrogen and oxygen atoms in total. The molecule has 1 atom stereocenters. The van der Waals surface area contributed by atoms with Gasteiger partial charge in [-0.1, -0.05) is 13.3 Å². The van der Waals surface area contributed by atoms with Gasteiger partial charge in [0.05, 0.1) is 24.1 Å². The fourth-order valence-electron chi connectivity index (χ4n) is 2.05. The Balaban J connectivity index is 2.57. The highest BCUT2D eigenvalue weighted by Crippen LogP contribution is 2.11. The zero-order valence-electron chi connectivity index (χ0n) is 11.6. The second kappa shape index (κ2) is 7.91. The van der Waals surface area contributed by atoms with Crippen LogP contribution in [0.3, 0.4) is 0 Å². The summed E-state index contributed by atoms with van der Waals surface area (Å²) in [6, 6.07) is 0. The lowest BCUT2D eigenvalue weighted by molar-refractivity contribution is -0.00989. The maximum absolute atomic E-state index is 8.05. The molecule has 0 amide bonds. The van der Waals surface area contributed by atoms with Crippen LogP contribution in [0.1, 0.15) is 26.2 Å². The number of nitrogens with one attached hydrogen (secondary N) is 2. The van der Waals surface area contributed by atoms with Crippen LogP contribution in [-0.2, 0) is 4.74 Å². The minimum absolute atomic E-state index is 0.192. The third kappa shape index (κ3) is 5.00. The van der Waals surface area contributed by atoms with Crippen LogP contribution in [0.2, 0.25) is 0 Å². The number of allylic oxidation sites excluding steroid dienone is 1. The van der Waals surface area contributed by atoms with Crippen molar-refractivity contribution in [2.24, 2.45) is 11.5 Å². The summed E-state index contributed by atoms with van der Waals surface area (Å²) in [5.41, 5.74) is 11.8. The first-order valence-corrected chi connectivity index (χ1v) is 6.78. The highest BCUT2D eigenvalue weighted by atomic mass is 16.5. The quantitative estimate of drug-likeness (QED) is 0.418. The molecule has 6 heteroatoms. The van der Waals surface area contributed by atoms with Crippen LogP contribution in [0.25, 0.3) is 0 Å².